The molecular formula is C22H29N3O5S. The number of hydrogen-bond acceptors (Lipinski definition) is 5. The molecule has 8 nitrogen and oxygen atoms in total. The second-order valence-electron chi connectivity index (χ2n) is 7.62. The quantitative estimate of drug-likeness (QED) is 0.595. The summed E-state index contributed by atoms with van der Waals surface area (Å²) >= 11 is 0. The molecule has 1 amide bonds. The molecule has 9 heteroatoms. The zero-order valence-electron chi connectivity index (χ0n) is 18.3. The number of anilines is 1. The molecule has 1 heterocycles. The Morgan fingerprint density at radius 2 is 1.74 bits per heavy atom. The van der Waals surface area contributed by atoms with Gasteiger partial charge in [0.05, 0.1) is 10.5 Å². The number of ether oxygens (including phenoxy) is 1. The van der Waals surface area contributed by atoms with Crippen molar-refractivity contribution in [2.24, 2.45) is 0 Å². The molecule has 3 rings (SSSR count). The average Bonchev–Trinajstić information content (AvgIpc) is 3.51. The first-order valence-electron chi connectivity index (χ1n) is 10.4. The topological polar surface area (TPSA) is 97.7 Å². The van der Waals surface area contributed by atoms with E-state index < -0.39 is 28.5 Å². The number of amides is 1. The van der Waals surface area contributed by atoms with Crippen molar-refractivity contribution in [3.8, 4) is 0 Å². The van der Waals surface area contributed by atoms with E-state index in [1.165, 1.54) is 28.6 Å². The lowest BCUT2D eigenvalue weighted by molar-refractivity contribution is -0.119. The maximum absolute atomic E-state index is 12.5. The normalized spacial score (nSPS) is 14.0. The summed E-state index contributed by atoms with van der Waals surface area (Å²) in [4.78, 5) is 24.8. The molecule has 0 unspecified atom stereocenters. The number of hydrogen-bond donors (Lipinski definition) is 1. The second kappa shape index (κ2) is 9.23. The van der Waals surface area contributed by atoms with Crippen LogP contribution < -0.4 is 5.32 Å². The molecular weight excluding hydrogens is 418 g/mol. The van der Waals surface area contributed by atoms with Crippen LogP contribution in [0.15, 0.2) is 35.2 Å². The van der Waals surface area contributed by atoms with Gasteiger partial charge >= 0.3 is 5.97 Å². The molecule has 0 spiro atoms. The van der Waals surface area contributed by atoms with Crippen LogP contribution in [0.5, 0.6) is 0 Å². The molecule has 1 N–H and O–H groups in total. The summed E-state index contributed by atoms with van der Waals surface area (Å²) < 4.78 is 33.7. The van der Waals surface area contributed by atoms with E-state index in [-0.39, 0.29) is 4.90 Å². The molecule has 2 aromatic rings. The van der Waals surface area contributed by atoms with Gasteiger partial charge in [-0.2, -0.15) is 4.31 Å². The maximum Gasteiger partial charge on any atom is 0.340 e. The Bertz CT molecular complexity index is 1070. The van der Waals surface area contributed by atoms with Gasteiger partial charge in [0.25, 0.3) is 5.91 Å². The predicted molar refractivity (Wildman–Crippen MR) is 118 cm³/mol. The third kappa shape index (κ3) is 4.99. The zero-order valence-corrected chi connectivity index (χ0v) is 19.2. The highest BCUT2D eigenvalue weighted by Gasteiger charge is 2.29. The number of rotatable bonds is 9. The van der Waals surface area contributed by atoms with Gasteiger partial charge in [0.2, 0.25) is 10.0 Å². The SMILES string of the molecule is CCN(CC)S(=O)(=O)c1ccc(NC(=O)COC(=O)c2cc(C)n(C3CC3)c2C)cc1. The standard InChI is InChI=1S/C22H29N3O5S/c1-5-24(6-2)31(28,29)19-11-7-17(8-12-19)23-21(26)14-30-22(27)20-13-15(3)25(16(20)4)18-9-10-18/h7-8,11-13,18H,5-6,9-10,14H2,1-4H3,(H,23,26). The molecule has 1 aliphatic carbocycles. The van der Waals surface area contributed by atoms with Crippen LogP contribution in [0, 0.1) is 13.8 Å². The van der Waals surface area contributed by atoms with Gasteiger partial charge in [0.1, 0.15) is 0 Å². The van der Waals surface area contributed by atoms with Crippen LogP contribution in [0.25, 0.3) is 0 Å². The minimum Gasteiger partial charge on any atom is -0.452 e. The summed E-state index contributed by atoms with van der Waals surface area (Å²) in [5.41, 5.74) is 2.76. The van der Waals surface area contributed by atoms with E-state index in [4.69, 9.17) is 4.74 Å². The van der Waals surface area contributed by atoms with Gasteiger partial charge in [-0.25, -0.2) is 13.2 Å². The fourth-order valence-electron chi connectivity index (χ4n) is 3.71. The molecule has 168 valence electrons. The van der Waals surface area contributed by atoms with Crippen molar-refractivity contribution in [2.45, 2.75) is 51.5 Å². The minimum atomic E-state index is -3.56. The van der Waals surface area contributed by atoms with E-state index in [1.54, 1.807) is 19.9 Å². The first-order chi connectivity index (χ1) is 14.7. The van der Waals surface area contributed by atoms with Crippen LogP contribution in [0.2, 0.25) is 0 Å². The summed E-state index contributed by atoms with van der Waals surface area (Å²) in [5.74, 6) is -1.03. The molecule has 0 aliphatic heterocycles. The molecule has 31 heavy (non-hydrogen) atoms. The van der Waals surface area contributed by atoms with Crippen molar-refractivity contribution in [1.29, 1.82) is 0 Å². The number of nitrogens with one attached hydrogen (secondary N) is 1. The first-order valence-corrected chi connectivity index (χ1v) is 11.9. The largest absolute Gasteiger partial charge is 0.452 e. The van der Waals surface area contributed by atoms with Crippen molar-refractivity contribution in [2.75, 3.05) is 25.0 Å². The Balaban J connectivity index is 1.58. The Labute approximate surface area is 183 Å². The van der Waals surface area contributed by atoms with Crippen LogP contribution in [-0.4, -0.2) is 48.9 Å². The van der Waals surface area contributed by atoms with Crippen molar-refractivity contribution >= 4 is 27.6 Å². The number of sulfonamides is 1. The van der Waals surface area contributed by atoms with Gasteiger partial charge in [0.15, 0.2) is 6.61 Å². The van der Waals surface area contributed by atoms with Crippen LogP contribution in [0.1, 0.15) is 54.5 Å². The Hall–Kier alpha value is -2.65. The van der Waals surface area contributed by atoms with E-state index in [2.05, 4.69) is 9.88 Å². The first kappa shape index (κ1) is 23.0. The number of carbonyl (C=O) groups excluding carboxylic acids is 2. The van der Waals surface area contributed by atoms with Crippen LogP contribution >= 0.6 is 0 Å². The number of nitrogens with zero attached hydrogens (tertiary/aromatic N) is 2. The highest BCUT2D eigenvalue weighted by atomic mass is 32.2. The highest BCUT2D eigenvalue weighted by molar-refractivity contribution is 7.89. The summed E-state index contributed by atoms with van der Waals surface area (Å²) in [5, 5.41) is 2.61. The molecule has 1 aromatic carbocycles. The number of aryl methyl sites for hydroxylation is 1. The minimum absolute atomic E-state index is 0.159. The summed E-state index contributed by atoms with van der Waals surface area (Å²) in [7, 11) is -3.56. The van der Waals surface area contributed by atoms with Gasteiger partial charge in [-0.3, -0.25) is 4.79 Å². The van der Waals surface area contributed by atoms with Gasteiger partial charge in [-0.05, 0) is 57.0 Å². The second-order valence-corrected chi connectivity index (χ2v) is 9.56. The lowest BCUT2D eigenvalue weighted by Gasteiger charge is -2.18. The number of benzene rings is 1. The Morgan fingerprint density at radius 1 is 1.13 bits per heavy atom. The molecule has 0 bridgehead atoms. The van der Waals surface area contributed by atoms with E-state index in [0.29, 0.717) is 30.4 Å². The summed E-state index contributed by atoms with van der Waals surface area (Å²) in [6, 6.07) is 8.17. The Morgan fingerprint density at radius 3 is 2.29 bits per heavy atom. The maximum atomic E-state index is 12.5. The molecule has 0 atom stereocenters. The van der Waals surface area contributed by atoms with E-state index in [9.17, 15) is 18.0 Å². The molecule has 0 saturated heterocycles. The van der Waals surface area contributed by atoms with Crippen molar-refractivity contribution in [3.05, 3.63) is 47.3 Å². The fraction of sp³-hybridized carbons (Fsp3) is 0.455. The fourth-order valence-corrected chi connectivity index (χ4v) is 5.17. The van der Waals surface area contributed by atoms with E-state index in [0.717, 1.165) is 24.2 Å². The van der Waals surface area contributed by atoms with Crippen molar-refractivity contribution in [1.82, 2.24) is 8.87 Å². The number of esters is 1. The van der Waals surface area contributed by atoms with Gasteiger partial charge in [-0.1, -0.05) is 13.8 Å². The van der Waals surface area contributed by atoms with E-state index >= 15 is 0 Å². The lowest BCUT2D eigenvalue weighted by Crippen LogP contribution is -2.30. The number of carbonyl (C=O) groups is 2. The predicted octanol–water partition coefficient (Wildman–Crippen LogP) is 3.27. The third-order valence-corrected chi connectivity index (χ3v) is 7.50. The molecule has 1 saturated carbocycles. The molecule has 1 fully saturated rings. The molecule has 0 radical (unpaired) electrons. The average molecular weight is 448 g/mol. The van der Waals surface area contributed by atoms with Crippen molar-refractivity contribution < 1.29 is 22.7 Å². The van der Waals surface area contributed by atoms with Gasteiger partial charge < -0.3 is 14.6 Å². The smallest absolute Gasteiger partial charge is 0.340 e. The van der Waals surface area contributed by atoms with E-state index in [1.807, 2.05) is 13.8 Å². The van der Waals surface area contributed by atoms with Crippen LogP contribution in [0.4, 0.5) is 5.69 Å². The monoisotopic (exact) mass is 447 g/mol. The van der Waals surface area contributed by atoms with Crippen molar-refractivity contribution in [3.63, 3.8) is 0 Å². The lowest BCUT2D eigenvalue weighted by atomic mass is 10.2. The Kier molecular flexibility index (Phi) is 6.86. The van der Waals surface area contributed by atoms with Gasteiger partial charge in [-0.15, -0.1) is 0 Å². The molecule has 1 aromatic heterocycles. The zero-order chi connectivity index (χ0) is 22.8. The highest BCUT2D eigenvalue weighted by Crippen LogP contribution is 2.38. The van der Waals surface area contributed by atoms with Crippen LogP contribution in [0.3, 0.4) is 0 Å². The summed E-state index contributed by atoms with van der Waals surface area (Å²) in [6.45, 7) is 7.73. The van der Waals surface area contributed by atoms with Gasteiger partial charge in [0, 0.05) is 36.2 Å². The number of aromatic nitrogens is 1. The molecule has 1 aliphatic rings. The van der Waals surface area contributed by atoms with Crippen LogP contribution in [-0.2, 0) is 19.6 Å². The summed E-state index contributed by atoms with van der Waals surface area (Å²) in [6.07, 6.45) is 2.23. The third-order valence-electron chi connectivity index (χ3n) is 5.43.